The van der Waals surface area contributed by atoms with Crippen LogP contribution < -0.4 is 0 Å². The van der Waals surface area contributed by atoms with E-state index in [0.29, 0.717) is 11.5 Å². The van der Waals surface area contributed by atoms with Crippen molar-refractivity contribution in [2.75, 3.05) is 39.4 Å². The Balaban J connectivity index is 1.91. The van der Waals surface area contributed by atoms with E-state index < -0.39 is 6.23 Å². The summed E-state index contributed by atoms with van der Waals surface area (Å²) in [6.45, 7) is 8.89. The number of ether oxygens (including phenoxy) is 1. The maximum absolute atomic E-state index is 10.6. The van der Waals surface area contributed by atoms with Crippen LogP contribution in [0, 0.1) is 5.41 Å². The van der Waals surface area contributed by atoms with Crippen molar-refractivity contribution in [1.82, 2.24) is 9.80 Å². The van der Waals surface area contributed by atoms with Gasteiger partial charge in [-0.05, 0) is 18.6 Å². The summed E-state index contributed by atoms with van der Waals surface area (Å²) in [5, 5.41) is 27.6. The van der Waals surface area contributed by atoms with Crippen LogP contribution in [0.25, 0.3) is 0 Å². The molecule has 0 amide bonds. The average molecular weight is 359 g/mol. The number of allylic oxidation sites excluding steroid dienone is 4. The van der Waals surface area contributed by atoms with Crippen molar-refractivity contribution in [2.45, 2.75) is 19.2 Å². The zero-order chi connectivity index (χ0) is 18.9. The van der Waals surface area contributed by atoms with Gasteiger partial charge in [-0.2, -0.15) is 0 Å². The van der Waals surface area contributed by atoms with Crippen LogP contribution in [0.4, 0.5) is 0 Å². The van der Waals surface area contributed by atoms with Gasteiger partial charge >= 0.3 is 0 Å². The molecule has 0 aromatic carbocycles. The molecule has 2 aliphatic rings. The summed E-state index contributed by atoms with van der Waals surface area (Å²) >= 11 is 0. The first kappa shape index (κ1) is 20.3. The standard InChI is InChI=1S/C20H29N3O3/c1-3-5-6-16(4-2)20(25)23-11-9-22(10-12-23)19-8-7-17(15-18(19)21)26-14-13-24/h3-8,15,19-21,24-25H,2,9-14H2,1H3/b5-3-,16-6+,21-18?. The molecule has 0 aromatic rings. The lowest BCUT2D eigenvalue weighted by molar-refractivity contribution is -0.000555. The minimum Gasteiger partial charge on any atom is -0.491 e. The molecule has 2 atom stereocenters. The summed E-state index contributed by atoms with van der Waals surface area (Å²) in [5.74, 6) is 0.610. The van der Waals surface area contributed by atoms with Gasteiger partial charge in [0.1, 0.15) is 18.6 Å². The van der Waals surface area contributed by atoms with Crippen molar-refractivity contribution in [1.29, 1.82) is 5.41 Å². The normalized spacial score (nSPS) is 24.0. The Morgan fingerprint density at radius 3 is 2.73 bits per heavy atom. The van der Waals surface area contributed by atoms with Gasteiger partial charge in [0.15, 0.2) is 0 Å². The van der Waals surface area contributed by atoms with E-state index in [4.69, 9.17) is 15.3 Å². The molecule has 0 saturated carbocycles. The number of nitrogens with zero attached hydrogens (tertiary/aromatic N) is 2. The quantitative estimate of drug-likeness (QED) is 0.572. The number of hydrogen-bond donors (Lipinski definition) is 3. The minimum atomic E-state index is -0.662. The van der Waals surface area contributed by atoms with Crippen LogP contribution in [-0.4, -0.2) is 77.4 Å². The molecule has 1 saturated heterocycles. The van der Waals surface area contributed by atoms with Crippen molar-refractivity contribution in [3.8, 4) is 0 Å². The van der Waals surface area contributed by atoms with Crippen molar-refractivity contribution in [3.05, 3.63) is 60.4 Å². The Morgan fingerprint density at radius 1 is 1.42 bits per heavy atom. The fourth-order valence-corrected chi connectivity index (χ4v) is 3.09. The third-order valence-electron chi connectivity index (χ3n) is 4.52. The first-order chi connectivity index (χ1) is 12.6. The molecule has 0 bridgehead atoms. The predicted octanol–water partition coefficient (Wildman–Crippen LogP) is 1.46. The number of rotatable bonds is 8. The van der Waals surface area contributed by atoms with Crippen LogP contribution in [0.5, 0.6) is 0 Å². The zero-order valence-corrected chi connectivity index (χ0v) is 15.3. The van der Waals surface area contributed by atoms with Crippen molar-refractivity contribution < 1.29 is 14.9 Å². The second-order valence-corrected chi connectivity index (χ2v) is 6.22. The lowest BCUT2D eigenvalue weighted by Gasteiger charge is -2.40. The predicted molar refractivity (Wildman–Crippen MR) is 104 cm³/mol. The summed E-state index contributed by atoms with van der Waals surface area (Å²) in [5.41, 5.74) is 1.27. The van der Waals surface area contributed by atoms with Crippen LogP contribution in [0.15, 0.2) is 60.4 Å². The molecular weight excluding hydrogens is 330 g/mol. The highest BCUT2D eigenvalue weighted by atomic mass is 16.5. The SMILES string of the molecule is C=C/C(=C\C=C/C)C(O)N1CCN(C2C=CC(OCCO)=CC2=N)CC1. The number of nitrogens with one attached hydrogen (secondary N) is 1. The van der Waals surface area contributed by atoms with Crippen LogP contribution in [-0.2, 0) is 4.74 Å². The number of aliphatic hydroxyl groups excluding tert-OH is 2. The highest BCUT2D eigenvalue weighted by Gasteiger charge is 2.29. The average Bonchev–Trinajstić information content (AvgIpc) is 2.67. The Morgan fingerprint density at radius 2 is 2.15 bits per heavy atom. The van der Waals surface area contributed by atoms with Crippen LogP contribution >= 0.6 is 0 Å². The van der Waals surface area contributed by atoms with Crippen molar-refractivity contribution >= 4 is 5.71 Å². The van der Waals surface area contributed by atoms with Gasteiger partial charge in [0.25, 0.3) is 0 Å². The van der Waals surface area contributed by atoms with E-state index in [0.717, 1.165) is 31.8 Å². The van der Waals surface area contributed by atoms with Crippen LogP contribution in [0.2, 0.25) is 0 Å². The molecule has 0 aromatic heterocycles. The van der Waals surface area contributed by atoms with Crippen molar-refractivity contribution in [2.24, 2.45) is 0 Å². The third kappa shape index (κ3) is 5.25. The summed E-state index contributed by atoms with van der Waals surface area (Å²) in [4.78, 5) is 4.25. The van der Waals surface area contributed by atoms with E-state index in [1.54, 1.807) is 12.2 Å². The highest BCUT2D eigenvalue weighted by molar-refractivity contribution is 6.00. The Bertz CT molecular complexity index is 614. The Hall–Kier alpha value is -1.99. The number of piperazine rings is 1. The van der Waals surface area contributed by atoms with E-state index in [1.165, 1.54) is 0 Å². The van der Waals surface area contributed by atoms with Gasteiger partial charge in [-0.15, -0.1) is 0 Å². The second-order valence-electron chi connectivity index (χ2n) is 6.22. The molecule has 6 nitrogen and oxygen atoms in total. The molecule has 1 aliphatic heterocycles. The summed E-state index contributed by atoms with van der Waals surface area (Å²) < 4.78 is 5.36. The molecule has 1 fully saturated rings. The van der Waals surface area contributed by atoms with Crippen LogP contribution in [0.1, 0.15) is 6.92 Å². The minimum absolute atomic E-state index is 0.0403. The molecule has 0 radical (unpaired) electrons. The van der Waals surface area contributed by atoms with Gasteiger partial charge in [0, 0.05) is 32.3 Å². The van der Waals surface area contributed by atoms with Gasteiger partial charge in [0.05, 0.1) is 18.4 Å². The van der Waals surface area contributed by atoms with E-state index in [9.17, 15) is 5.11 Å². The Kier molecular flexibility index (Phi) is 8.00. The summed E-state index contributed by atoms with van der Waals surface area (Å²) in [6, 6.07) is -0.0757. The maximum Gasteiger partial charge on any atom is 0.133 e. The largest absolute Gasteiger partial charge is 0.491 e. The van der Waals surface area contributed by atoms with Gasteiger partial charge in [0.2, 0.25) is 0 Å². The Labute approximate surface area is 155 Å². The van der Waals surface area contributed by atoms with Crippen LogP contribution in [0.3, 0.4) is 0 Å². The second kappa shape index (κ2) is 10.2. The van der Waals surface area contributed by atoms with E-state index in [-0.39, 0.29) is 19.3 Å². The van der Waals surface area contributed by atoms with E-state index in [1.807, 2.05) is 42.2 Å². The fourth-order valence-electron chi connectivity index (χ4n) is 3.09. The smallest absolute Gasteiger partial charge is 0.133 e. The monoisotopic (exact) mass is 359 g/mol. The first-order valence-electron chi connectivity index (χ1n) is 8.94. The first-order valence-corrected chi connectivity index (χ1v) is 8.94. The van der Waals surface area contributed by atoms with Gasteiger partial charge in [-0.1, -0.05) is 37.0 Å². The molecular formula is C20H29N3O3. The molecule has 26 heavy (non-hydrogen) atoms. The number of hydrogen-bond acceptors (Lipinski definition) is 6. The molecule has 1 heterocycles. The van der Waals surface area contributed by atoms with E-state index >= 15 is 0 Å². The molecule has 2 rings (SSSR count). The van der Waals surface area contributed by atoms with E-state index in [2.05, 4.69) is 11.5 Å². The lowest BCUT2D eigenvalue weighted by Crippen LogP contribution is -2.54. The van der Waals surface area contributed by atoms with Gasteiger partial charge in [-0.25, -0.2) is 0 Å². The fraction of sp³-hybridized carbons (Fsp3) is 0.450. The molecule has 2 unspecified atom stereocenters. The molecule has 3 N–H and O–H groups in total. The van der Waals surface area contributed by atoms with Crippen molar-refractivity contribution in [3.63, 3.8) is 0 Å². The maximum atomic E-state index is 10.6. The van der Waals surface area contributed by atoms with Gasteiger partial charge in [-0.3, -0.25) is 9.80 Å². The summed E-state index contributed by atoms with van der Waals surface area (Å²) in [6.07, 6.45) is 12.2. The zero-order valence-electron chi connectivity index (χ0n) is 15.3. The van der Waals surface area contributed by atoms with Gasteiger partial charge < -0.3 is 20.4 Å². The molecule has 0 spiro atoms. The highest BCUT2D eigenvalue weighted by Crippen LogP contribution is 2.18. The molecule has 142 valence electrons. The third-order valence-corrected chi connectivity index (χ3v) is 4.52. The lowest BCUT2D eigenvalue weighted by atomic mass is 10.0. The summed E-state index contributed by atoms with van der Waals surface area (Å²) in [7, 11) is 0. The molecule has 6 heteroatoms. The topological polar surface area (TPSA) is 80.0 Å². The number of aliphatic hydroxyl groups is 2. The molecule has 1 aliphatic carbocycles.